The molecule has 0 aromatic heterocycles. The third-order valence-corrected chi connectivity index (χ3v) is 2.02. The predicted octanol–water partition coefficient (Wildman–Crippen LogP) is -0.0959. The fourth-order valence-corrected chi connectivity index (χ4v) is 0.940. The quantitative estimate of drug-likeness (QED) is 0.550. The van der Waals surface area contributed by atoms with Crippen molar-refractivity contribution in [3.05, 3.63) is 0 Å². The first kappa shape index (κ1) is 12.8. The summed E-state index contributed by atoms with van der Waals surface area (Å²) in [5.41, 5.74) is 0. The summed E-state index contributed by atoms with van der Waals surface area (Å²) >= 11 is 0. The lowest BCUT2D eigenvalue weighted by atomic mass is 10.1. The van der Waals surface area contributed by atoms with Crippen molar-refractivity contribution in [2.45, 2.75) is 51.6 Å². The van der Waals surface area contributed by atoms with Crippen molar-refractivity contribution in [2.24, 2.45) is 0 Å². The molecule has 80 valence electrons. The van der Waals surface area contributed by atoms with E-state index in [1.54, 1.807) is 20.8 Å². The van der Waals surface area contributed by atoms with E-state index in [9.17, 15) is 5.11 Å². The fraction of sp³-hybridized carbons (Fsp3) is 1.00. The molecule has 0 bridgehead atoms. The zero-order chi connectivity index (χ0) is 10.4. The lowest BCUT2D eigenvalue weighted by Gasteiger charge is -2.25. The molecule has 0 aliphatic rings. The topological polar surface area (TPSA) is 69.9 Å². The minimum atomic E-state index is -0.631. The van der Waals surface area contributed by atoms with Crippen LogP contribution in [-0.2, 0) is 4.74 Å². The molecule has 3 N–H and O–H groups in total. The molecule has 0 saturated heterocycles. The molecule has 0 fully saturated rings. The minimum absolute atomic E-state index is 0.0257. The van der Waals surface area contributed by atoms with Gasteiger partial charge in [0.15, 0.2) is 0 Å². The number of hydrogen-bond acceptors (Lipinski definition) is 4. The molecular formula is C9H20O4. The molecule has 13 heavy (non-hydrogen) atoms. The van der Waals surface area contributed by atoms with Gasteiger partial charge < -0.3 is 20.1 Å². The van der Waals surface area contributed by atoms with Gasteiger partial charge >= 0.3 is 0 Å². The highest BCUT2D eigenvalue weighted by Gasteiger charge is 2.20. The van der Waals surface area contributed by atoms with Gasteiger partial charge in [0.25, 0.3) is 0 Å². The zero-order valence-electron chi connectivity index (χ0n) is 8.47. The van der Waals surface area contributed by atoms with Crippen LogP contribution >= 0.6 is 0 Å². The van der Waals surface area contributed by atoms with Gasteiger partial charge in [0.05, 0.1) is 24.4 Å². The fourth-order valence-electron chi connectivity index (χ4n) is 0.940. The Morgan fingerprint density at radius 1 is 1.08 bits per heavy atom. The third-order valence-electron chi connectivity index (χ3n) is 2.02. The molecule has 0 aromatic carbocycles. The van der Waals surface area contributed by atoms with Crippen molar-refractivity contribution in [3.63, 3.8) is 0 Å². The Hall–Kier alpha value is -0.160. The summed E-state index contributed by atoms with van der Waals surface area (Å²) in [6, 6.07) is 0. The third kappa shape index (κ3) is 5.21. The molecule has 4 heteroatoms. The maximum absolute atomic E-state index is 9.26. The summed E-state index contributed by atoms with van der Waals surface area (Å²) in [6.07, 6.45) is -1.55. The summed E-state index contributed by atoms with van der Waals surface area (Å²) in [5, 5.41) is 27.1. The molecule has 0 heterocycles. The maximum Gasteiger partial charge on any atom is 0.0857 e. The van der Waals surface area contributed by atoms with E-state index < -0.39 is 18.3 Å². The summed E-state index contributed by atoms with van der Waals surface area (Å²) < 4.78 is 5.35. The second-order valence-corrected chi connectivity index (χ2v) is 3.37. The molecule has 4 atom stereocenters. The highest BCUT2D eigenvalue weighted by molar-refractivity contribution is 4.68. The number of ether oxygens (including phenoxy) is 1. The highest BCUT2D eigenvalue weighted by Crippen LogP contribution is 2.09. The molecule has 4 nitrogen and oxygen atoms in total. The van der Waals surface area contributed by atoms with Crippen molar-refractivity contribution in [2.75, 3.05) is 6.61 Å². The molecule has 0 rings (SSSR count). The minimum Gasteiger partial charge on any atom is -0.396 e. The average molecular weight is 192 g/mol. The lowest BCUT2D eigenvalue weighted by molar-refractivity contribution is -0.106. The largest absolute Gasteiger partial charge is 0.396 e. The van der Waals surface area contributed by atoms with Gasteiger partial charge in [-0.25, -0.2) is 0 Å². The molecule has 4 unspecified atom stereocenters. The van der Waals surface area contributed by atoms with Gasteiger partial charge in [-0.05, 0) is 27.2 Å². The van der Waals surface area contributed by atoms with Gasteiger partial charge in [-0.2, -0.15) is 0 Å². The van der Waals surface area contributed by atoms with E-state index in [2.05, 4.69) is 0 Å². The monoisotopic (exact) mass is 192 g/mol. The van der Waals surface area contributed by atoms with Crippen LogP contribution in [0.4, 0.5) is 0 Å². The number of rotatable bonds is 6. The molecular weight excluding hydrogens is 172 g/mol. The predicted molar refractivity (Wildman–Crippen MR) is 49.4 cm³/mol. The summed E-state index contributed by atoms with van der Waals surface area (Å²) in [7, 11) is 0. The van der Waals surface area contributed by atoms with E-state index in [1.165, 1.54) is 0 Å². The molecule has 0 amide bonds. The Labute approximate surface area is 79.2 Å². The number of aliphatic hydroxyl groups excluding tert-OH is 3. The molecule has 0 aliphatic carbocycles. The van der Waals surface area contributed by atoms with Gasteiger partial charge in [-0.15, -0.1) is 0 Å². The smallest absolute Gasteiger partial charge is 0.0857 e. The van der Waals surface area contributed by atoms with Crippen molar-refractivity contribution < 1.29 is 20.1 Å². The normalized spacial score (nSPS) is 20.8. The van der Waals surface area contributed by atoms with Crippen LogP contribution in [0.1, 0.15) is 27.2 Å². The van der Waals surface area contributed by atoms with Crippen molar-refractivity contribution in [1.82, 2.24) is 0 Å². The Morgan fingerprint density at radius 3 is 1.92 bits per heavy atom. The van der Waals surface area contributed by atoms with Crippen LogP contribution in [0.2, 0.25) is 0 Å². The molecule has 0 saturated carbocycles. The summed E-state index contributed by atoms with van der Waals surface area (Å²) in [4.78, 5) is 0. The van der Waals surface area contributed by atoms with Gasteiger partial charge in [0.1, 0.15) is 0 Å². The van der Waals surface area contributed by atoms with Crippen LogP contribution in [0, 0.1) is 0 Å². The van der Waals surface area contributed by atoms with Gasteiger partial charge in [0.2, 0.25) is 0 Å². The van der Waals surface area contributed by atoms with Crippen LogP contribution in [0.25, 0.3) is 0 Å². The molecule has 0 aliphatic heterocycles. The van der Waals surface area contributed by atoms with E-state index >= 15 is 0 Å². The lowest BCUT2D eigenvalue weighted by Crippen LogP contribution is -2.35. The summed E-state index contributed by atoms with van der Waals surface area (Å²) in [5.74, 6) is 0. The summed E-state index contributed by atoms with van der Waals surface area (Å²) in [6.45, 7) is 4.94. The van der Waals surface area contributed by atoms with E-state index in [0.717, 1.165) is 0 Å². The van der Waals surface area contributed by atoms with Crippen LogP contribution in [0.5, 0.6) is 0 Å². The first-order valence-corrected chi connectivity index (χ1v) is 4.61. The van der Waals surface area contributed by atoms with Crippen LogP contribution in [-0.4, -0.2) is 46.3 Å². The second-order valence-electron chi connectivity index (χ2n) is 3.37. The van der Waals surface area contributed by atoms with E-state index in [-0.39, 0.29) is 12.7 Å². The first-order valence-electron chi connectivity index (χ1n) is 4.61. The van der Waals surface area contributed by atoms with Crippen LogP contribution < -0.4 is 0 Å². The van der Waals surface area contributed by atoms with Gasteiger partial charge in [0, 0.05) is 6.61 Å². The second kappa shape index (κ2) is 6.32. The van der Waals surface area contributed by atoms with Crippen LogP contribution in [0.3, 0.4) is 0 Å². The molecule has 0 radical (unpaired) electrons. The Kier molecular flexibility index (Phi) is 6.24. The Balaban J connectivity index is 3.94. The first-order chi connectivity index (χ1) is 5.99. The van der Waals surface area contributed by atoms with Crippen molar-refractivity contribution in [1.29, 1.82) is 0 Å². The maximum atomic E-state index is 9.26. The standard InChI is InChI=1S/C9H20O4/c1-6(11)8(3)13-9(4-5-10)7(2)12/h6-12H,4-5H2,1-3H3. The van der Waals surface area contributed by atoms with E-state index in [0.29, 0.717) is 6.42 Å². The van der Waals surface area contributed by atoms with Gasteiger partial charge in [-0.1, -0.05) is 0 Å². The Bertz CT molecular complexity index is 125. The van der Waals surface area contributed by atoms with Gasteiger partial charge in [-0.3, -0.25) is 0 Å². The molecule has 0 spiro atoms. The highest BCUT2D eigenvalue weighted by atomic mass is 16.5. The van der Waals surface area contributed by atoms with E-state index in [1.807, 2.05) is 0 Å². The average Bonchev–Trinajstić information content (AvgIpc) is 2.03. The van der Waals surface area contributed by atoms with E-state index in [4.69, 9.17) is 14.9 Å². The molecule has 0 aromatic rings. The SMILES string of the molecule is CC(O)C(C)OC(CCO)C(C)O. The van der Waals surface area contributed by atoms with Crippen molar-refractivity contribution >= 4 is 0 Å². The number of hydrogen-bond donors (Lipinski definition) is 3. The zero-order valence-corrected chi connectivity index (χ0v) is 8.47. The Morgan fingerprint density at radius 2 is 1.62 bits per heavy atom. The number of aliphatic hydroxyl groups is 3. The van der Waals surface area contributed by atoms with Crippen LogP contribution in [0.15, 0.2) is 0 Å². The van der Waals surface area contributed by atoms with Crippen molar-refractivity contribution in [3.8, 4) is 0 Å².